The summed E-state index contributed by atoms with van der Waals surface area (Å²) in [5.74, 6) is -0.249. The van der Waals surface area contributed by atoms with E-state index in [1.165, 1.54) is 4.57 Å². The van der Waals surface area contributed by atoms with E-state index >= 15 is 0 Å². The summed E-state index contributed by atoms with van der Waals surface area (Å²) in [6.45, 7) is 1.61. The van der Waals surface area contributed by atoms with Gasteiger partial charge < -0.3 is 16.0 Å². The van der Waals surface area contributed by atoms with Crippen LogP contribution in [0.15, 0.2) is 41.5 Å². The van der Waals surface area contributed by atoms with Crippen molar-refractivity contribution < 1.29 is 4.79 Å². The molecule has 1 aromatic heterocycles. The lowest BCUT2D eigenvalue weighted by molar-refractivity contribution is -0.117. The number of hydrogen-bond donors (Lipinski definition) is 3. The number of carbonyl (C=O) groups is 1. The van der Waals surface area contributed by atoms with E-state index in [0.29, 0.717) is 5.69 Å². The maximum Gasteiger partial charge on any atom is 0.330 e. The molecule has 1 unspecified atom stereocenters. The van der Waals surface area contributed by atoms with Gasteiger partial charge in [-0.2, -0.15) is 0 Å². The number of imidazole rings is 1. The predicted octanol–water partition coefficient (Wildman–Crippen LogP) is 0.451. The maximum atomic E-state index is 11.4. The fourth-order valence-corrected chi connectivity index (χ4v) is 1.49. The van der Waals surface area contributed by atoms with E-state index in [-0.39, 0.29) is 11.6 Å². The second-order valence-electron chi connectivity index (χ2n) is 3.96. The first-order chi connectivity index (χ1) is 8.58. The number of aromatic amines is 1. The first-order valence-electron chi connectivity index (χ1n) is 5.51. The average molecular weight is 246 g/mol. The molecule has 0 spiro atoms. The van der Waals surface area contributed by atoms with Gasteiger partial charge in [0, 0.05) is 18.1 Å². The summed E-state index contributed by atoms with van der Waals surface area (Å²) in [4.78, 5) is 25.3. The Morgan fingerprint density at radius 2 is 2.06 bits per heavy atom. The number of carbonyl (C=O) groups excluding carboxylic acids is 1. The molecular formula is C12H14N4O2. The Kier molecular flexibility index (Phi) is 3.29. The minimum atomic E-state index is -0.558. The molecule has 0 saturated heterocycles. The van der Waals surface area contributed by atoms with Crippen LogP contribution in [-0.4, -0.2) is 21.5 Å². The third-order valence-corrected chi connectivity index (χ3v) is 2.48. The summed E-state index contributed by atoms with van der Waals surface area (Å²) in [5.41, 5.74) is 6.61. The third-order valence-electron chi connectivity index (χ3n) is 2.48. The number of nitrogens with two attached hydrogens (primary N) is 1. The zero-order chi connectivity index (χ0) is 13.1. The Labute approximate surface area is 103 Å². The molecule has 0 bridgehead atoms. The second kappa shape index (κ2) is 4.89. The van der Waals surface area contributed by atoms with Crippen molar-refractivity contribution in [3.8, 4) is 5.69 Å². The number of nitrogens with zero attached hydrogens (tertiary/aromatic N) is 1. The Balaban J connectivity index is 2.18. The molecule has 0 fully saturated rings. The number of hydrogen-bond acceptors (Lipinski definition) is 3. The van der Waals surface area contributed by atoms with Gasteiger partial charge in [-0.25, -0.2) is 4.79 Å². The smallest absolute Gasteiger partial charge is 0.325 e. The van der Waals surface area contributed by atoms with Crippen LogP contribution in [0.1, 0.15) is 6.92 Å². The number of amides is 1. The highest BCUT2D eigenvalue weighted by Crippen LogP contribution is 2.11. The highest BCUT2D eigenvalue weighted by atomic mass is 16.2. The molecule has 2 aromatic rings. The summed E-state index contributed by atoms with van der Waals surface area (Å²) in [6, 6.07) is 6.36. The summed E-state index contributed by atoms with van der Waals surface area (Å²) < 4.78 is 1.47. The van der Waals surface area contributed by atoms with Crippen LogP contribution >= 0.6 is 0 Å². The molecule has 2 rings (SSSR count). The Morgan fingerprint density at radius 3 is 2.56 bits per heavy atom. The van der Waals surface area contributed by atoms with Crippen molar-refractivity contribution in [2.75, 3.05) is 5.32 Å². The lowest BCUT2D eigenvalue weighted by Crippen LogP contribution is -2.32. The van der Waals surface area contributed by atoms with Crippen LogP contribution in [0.3, 0.4) is 0 Å². The van der Waals surface area contributed by atoms with E-state index < -0.39 is 6.04 Å². The van der Waals surface area contributed by atoms with Gasteiger partial charge in [0.25, 0.3) is 0 Å². The normalized spacial score (nSPS) is 12.1. The molecule has 1 atom stereocenters. The summed E-state index contributed by atoms with van der Waals surface area (Å²) in [5, 5.41) is 2.67. The van der Waals surface area contributed by atoms with Gasteiger partial charge in [-0.3, -0.25) is 9.36 Å². The number of benzene rings is 1. The molecule has 1 aromatic carbocycles. The van der Waals surface area contributed by atoms with Gasteiger partial charge in [0.05, 0.1) is 11.7 Å². The van der Waals surface area contributed by atoms with Gasteiger partial charge in [-0.15, -0.1) is 0 Å². The van der Waals surface area contributed by atoms with Gasteiger partial charge in [-0.05, 0) is 31.2 Å². The molecule has 0 aliphatic heterocycles. The van der Waals surface area contributed by atoms with Crippen molar-refractivity contribution in [2.24, 2.45) is 5.73 Å². The fourth-order valence-electron chi connectivity index (χ4n) is 1.49. The average Bonchev–Trinajstić information content (AvgIpc) is 2.76. The largest absolute Gasteiger partial charge is 0.330 e. The topological polar surface area (TPSA) is 92.9 Å². The van der Waals surface area contributed by atoms with E-state index in [1.807, 2.05) is 0 Å². The minimum absolute atomic E-state index is 0.206. The van der Waals surface area contributed by atoms with E-state index in [2.05, 4.69) is 10.3 Å². The number of nitrogens with one attached hydrogen (secondary N) is 2. The van der Waals surface area contributed by atoms with Gasteiger partial charge in [0.15, 0.2) is 0 Å². The molecule has 1 heterocycles. The van der Waals surface area contributed by atoms with Crippen LogP contribution in [-0.2, 0) is 4.79 Å². The SMILES string of the molecule is CC(N)C(=O)Nc1ccc(-n2cc[nH]c2=O)cc1. The number of aromatic nitrogens is 2. The van der Waals surface area contributed by atoms with E-state index in [0.717, 1.165) is 5.69 Å². The number of anilines is 1. The van der Waals surface area contributed by atoms with E-state index in [4.69, 9.17) is 5.73 Å². The molecule has 6 heteroatoms. The summed E-state index contributed by atoms with van der Waals surface area (Å²) >= 11 is 0. The van der Waals surface area contributed by atoms with Crippen molar-refractivity contribution in [3.63, 3.8) is 0 Å². The van der Waals surface area contributed by atoms with Crippen LogP contribution in [0, 0.1) is 0 Å². The van der Waals surface area contributed by atoms with Gasteiger partial charge in [0.1, 0.15) is 0 Å². The molecular weight excluding hydrogens is 232 g/mol. The molecule has 0 aliphatic rings. The second-order valence-corrected chi connectivity index (χ2v) is 3.96. The lowest BCUT2D eigenvalue weighted by atomic mass is 10.2. The molecule has 94 valence electrons. The molecule has 4 N–H and O–H groups in total. The van der Waals surface area contributed by atoms with Crippen LogP contribution in [0.4, 0.5) is 5.69 Å². The van der Waals surface area contributed by atoms with Crippen molar-refractivity contribution in [1.29, 1.82) is 0 Å². The van der Waals surface area contributed by atoms with E-state index in [1.54, 1.807) is 43.6 Å². The first kappa shape index (κ1) is 12.1. The number of rotatable bonds is 3. The molecule has 18 heavy (non-hydrogen) atoms. The van der Waals surface area contributed by atoms with Gasteiger partial charge in [0.2, 0.25) is 5.91 Å². The third kappa shape index (κ3) is 2.49. The van der Waals surface area contributed by atoms with Crippen molar-refractivity contribution >= 4 is 11.6 Å². The minimum Gasteiger partial charge on any atom is -0.325 e. The molecule has 0 saturated carbocycles. The fraction of sp³-hybridized carbons (Fsp3) is 0.167. The van der Waals surface area contributed by atoms with Crippen LogP contribution < -0.4 is 16.7 Å². The maximum absolute atomic E-state index is 11.4. The predicted molar refractivity (Wildman–Crippen MR) is 68.7 cm³/mol. The Bertz CT molecular complexity index is 595. The molecule has 1 amide bonds. The van der Waals surface area contributed by atoms with Crippen molar-refractivity contribution in [3.05, 3.63) is 47.1 Å². The molecule has 0 radical (unpaired) electrons. The Hall–Kier alpha value is -2.34. The van der Waals surface area contributed by atoms with Gasteiger partial charge in [-0.1, -0.05) is 0 Å². The summed E-state index contributed by atoms with van der Waals surface area (Å²) in [7, 11) is 0. The van der Waals surface area contributed by atoms with Crippen LogP contribution in [0.2, 0.25) is 0 Å². The standard InChI is InChI=1S/C12H14N4O2/c1-8(13)11(17)15-9-2-4-10(5-3-9)16-7-6-14-12(16)18/h2-8H,13H2,1H3,(H,14,18)(H,15,17). The quantitative estimate of drug-likeness (QED) is 0.734. The highest BCUT2D eigenvalue weighted by Gasteiger charge is 2.07. The van der Waals surface area contributed by atoms with Crippen LogP contribution in [0.25, 0.3) is 5.69 Å². The van der Waals surface area contributed by atoms with Crippen molar-refractivity contribution in [2.45, 2.75) is 13.0 Å². The van der Waals surface area contributed by atoms with Gasteiger partial charge >= 0.3 is 5.69 Å². The zero-order valence-electron chi connectivity index (χ0n) is 9.88. The summed E-state index contributed by atoms with van der Waals surface area (Å²) in [6.07, 6.45) is 3.20. The molecule has 6 nitrogen and oxygen atoms in total. The van der Waals surface area contributed by atoms with Crippen LogP contribution in [0.5, 0.6) is 0 Å². The Morgan fingerprint density at radius 1 is 1.39 bits per heavy atom. The monoisotopic (exact) mass is 246 g/mol. The van der Waals surface area contributed by atoms with Crippen molar-refractivity contribution in [1.82, 2.24) is 9.55 Å². The first-order valence-corrected chi connectivity index (χ1v) is 5.51. The number of H-pyrrole nitrogens is 1. The highest BCUT2D eigenvalue weighted by molar-refractivity contribution is 5.94. The van der Waals surface area contributed by atoms with E-state index in [9.17, 15) is 9.59 Å². The zero-order valence-corrected chi connectivity index (χ0v) is 9.88. The molecule has 0 aliphatic carbocycles. The lowest BCUT2D eigenvalue weighted by Gasteiger charge is -2.08.